The van der Waals surface area contributed by atoms with Gasteiger partial charge in [0.25, 0.3) is 5.91 Å². The molecule has 122 valence electrons. The van der Waals surface area contributed by atoms with E-state index in [9.17, 15) is 9.59 Å². The van der Waals surface area contributed by atoms with Crippen molar-refractivity contribution >= 4 is 58.2 Å². The zero-order valence-electron chi connectivity index (χ0n) is 11.9. The van der Waals surface area contributed by atoms with Gasteiger partial charge in [-0.25, -0.2) is 4.79 Å². The van der Waals surface area contributed by atoms with Crippen LogP contribution in [0.5, 0.6) is 0 Å². The van der Waals surface area contributed by atoms with E-state index in [1.165, 1.54) is 0 Å². The average molecular weight is 390 g/mol. The molecule has 1 aromatic carbocycles. The van der Waals surface area contributed by atoms with E-state index in [0.717, 1.165) is 16.2 Å². The Hall–Kier alpha value is -1.21. The SMILES string of the molecule is O=C(COC(=O)c1ccc(Cl)s1)NCCSc1ccc(Cl)cc1. The van der Waals surface area contributed by atoms with Crippen LogP contribution < -0.4 is 5.32 Å². The number of amides is 1. The second-order valence-electron chi connectivity index (χ2n) is 4.33. The summed E-state index contributed by atoms with van der Waals surface area (Å²) in [5.41, 5.74) is 0. The van der Waals surface area contributed by atoms with Gasteiger partial charge in [-0.15, -0.1) is 23.1 Å². The van der Waals surface area contributed by atoms with Gasteiger partial charge in [0, 0.05) is 22.2 Å². The van der Waals surface area contributed by atoms with Gasteiger partial charge < -0.3 is 10.1 Å². The van der Waals surface area contributed by atoms with Gasteiger partial charge in [-0.05, 0) is 36.4 Å². The molecule has 0 aliphatic rings. The number of halogens is 2. The van der Waals surface area contributed by atoms with E-state index in [4.69, 9.17) is 27.9 Å². The smallest absolute Gasteiger partial charge is 0.348 e. The number of carbonyl (C=O) groups is 2. The topological polar surface area (TPSA) is 55.4 Å². The first kappa shape index (κ1) is 18.1. The molecule has 1 heterocycles. The predicted molar refractivity (Wildman–Crippen MR) is 94.8 cm³/mol. The Morgan fingerprint density at radius 3 is 2.52 bits per heavy atom. The Balaban J connectivity index is 1.61. The number of carbonyl (C=O) groups excluding carboxylic acids is 2. The van der Waals surface area contributed by atoms with Gasteiger partial charge in [-0.3, -0.25) is 4.79 Å². The van der Waals surface area contributed by atoms with Crippen LogP contribution in [0.3, 0.4) is 0 Å². The summed E-state index contributed by atoms with van der Waals surface area (Å²) >= 11 is 14.3. The van der Waals surface area contributed by atoms with Gasteiger partial charge in [0.15, 0.2) is 6.61 Å². The highest BCUT2D eigenvalue weighted by Crippen LogP contribution is 2.22. The van der Waals surface area contributed by atoms with Gasteiger partial charge in [-0.2, -0.15) is 0 Å². The second kappa shape index (κ2) is 9.17. The van der Waals surface area contributed by atoms with Crippen LogP contribution in [0.4, 0.5) is 0 Å². The molecular formula is C15H13Cl2NO3S2. The number of nitrogens with one attached hydrogen (secondary N) is 1. The Morgan fingerprint density at radius 1 is 1.13 bits per heavy atom. The first-order valence-electron chi connectivity index (χ1n) is 6.62. The average Bonchev–Trinajstić information content (AvgIpc) is 2.97. The lowest BCUT2D eigenvalue weighted by Gasteiger charge is -2.06. The molecule has 8 heteroatoms. The molecule has 23 heavy (non-hydrogen) atoms. The molecule has 2 rings (SSSR count). The summed E-state index contributed by atoms with van der Waals surface area (Å²) in [6, 6.07) is 10.6. The third-order valence-electron chi connectivity index (χ3n) is 2.62. The van der Waals surface area contributed by atoms with E-state index in [2.05, 4.69) is 5.32 Å². The summed E-state index contributed by atoms with van der Waals surface area (Å²) in [5.74, 6) is -0.174. The van der Waals surface area contributed by atoms with Crippen molar-refractivity contribution in [3.05, 3.63) is 50.6 Å². The largest absolute Gasteiger partial charge is 0.451 e. The zero-order valence-corrected chi connectivity index (χ0v) is 15.0. The van der Waals surface area contributed by atoms with Crippen LogP contribution >= 0.6 is 46.3 Å². The standard InChI is InChI=1S/C15H13Cl2NO3S2/c16-10-1-3-11(4-2-10)22-8-7-18-14(19)9-21-15(20)12-5-6-13(17)23-12/h1-6H,7-9H2,(H,18,19). The summed E-state index contributed by atoms with van der Waals surface area (Å²) in [6.45, 7) is 0.175. The molecule has 0 saturated carbocycles. The lowest BCUT2D eigenvalue weighted by Crippen LogP contribution is -2.30. The van der Waals surface area contributed by atoms with Crippen LogP contribution in [-0.2, 0) is 9.53 Å². The molecule has 0 saturated heterocycles. The highest BCUT2D eigenvalue weighted by molar-refractivity contribution is 7.99. The fourth-order valence-electron chi connectivity index (χ4n) is 1.57. The van der Waals surface area contributed by atoms with E-state index in [-0.39, 0.29) is 12.5 Å². The Labute approximate surface area is 152 Å². The van der Waals surface area contributed by atoms with E-state index in [1.807, 2.05) is 24.3 Å². The lowest BCUT2D eigenvalue weighted by atomic mass is 10.4. The van der Waals surface area contributed by atoms with Crippen molar-refractivity contribution in [1.82, 2.24) is 5.32 Å². The molecule has 0 radical (unpaired) electrons. The van der Waals surface area contributed by atoms with E-state index >= 15 is 0 Å². The number of hydrogen-bond donors (Lipinski definition) is 1. The summed E-state index contributed by atoms with van der Waals surface area (Å²) < 4.78 is 5.41. The predicted octanol–water partition coefficient (Wildman–Crippen LogP) is 4.12. The molecule has 4 nitrogen and oxygen atoms in total. The summed E-state index contributed by atoms with van der Waals surface area (Å²) in [6.07, 6.45) is 0. The molecule has 0 spiro atoms. The minimum absolute atomic E-state index is 0.306. The quantitative estimate of drug-likeness (QED) is 0.439. The molecule has 1 amide bonds. The second-order valence-corrected chi connectivity index (χ2v) is 7.65. The van der Waals surface area contributed by atoms with Crippen molar-refractivity contribution in [2.24, 2.45) is 0 Å². The van der Waals surface area contributed by atoms with Crippen LogP contribution in [0.15, 0.2) is 41.3 Å². The van der Waals surface area contributed by atoms with Crippen molar-refractivity contribution in [3.8, 4) is 0 Å². The maximum absolute atomic E-state index is 11.6. The highest BCUT2D eigenvalue weighted by atomic mass is 35.5. The van der Waals surface area contributed by atoms with Gasteiger partial charge in [-0.1, -0.05) is 23.2 Å². The number of rotatable bonds is 7. The van der Waals surface area contributed by atoms with Crippen molar-refractivity contribution in [2.45, 2.75) is 4.90 Å². The monoisotopic (exact) mass is 389 g/mol. The first-order valence-corrected chi connectivity index (χ1v) is 9.18. The third kappa shape index (κ3) is 6.43. The molecule has 0 aliphatic carbocycles. The molecule has 0 atom stereocenters. The number of thioether (sulfide) groups is 1. The van der Waals surface area contributed by atoms with Crippen LogP contribution in [0.25, 0.3) is 0 Å². The van der Waals surface area contributed by atoms with E-state index in [1.54, 1.807) is 23.9 Å². The lowest BCUT2D eigenvalue weighted by molar-refractivity contribution is -0.124. The fraction of sp³-hybridized carbons (Fsp3) is 0.200. The number of ether oxygens (including phenoxy) is 1. The maximum Gasteiger partial charge on any atom is 0.348 e. The number of thiophene rings is 1. The Morgan fingerprint density at radius 2 is 1.87 bits per heavy atom. The zero-order chi connectivity index (χ0) is 16.7. The normalized spacial score (nSPS) is 10.3. The summed E-state index contributed by atoms with van der Waals surface area (Å²) in [7, 11) is 0. The third-order valence-corrected chi connectivity index (χ3v) is 5.09. The first-order chi connectivity index (χ1) is 11.0. The fourth-order valence-corrected chi connectivity index (χ4v) is 3.40. The summed E-state index contributed by atoms with van der Waals surface area (Å²) in [4.78, 5) is 24.7. The highest BCUT2D eigenvalue weighted by Gasteiger charge is 2.12. The van der Waals surface area contributed by atoms with Crippen LogP contribution in [0, 0.1) is 0 Å². The molecule has 0 aliphatic heterocycles. The maximum atomic E-state index is 11.6. The van der Waals surface area contributed by atoms with Gasteiger partial charge >= 0.3 is 5.97 Å². The van der Waals surface area contributed by atoms with Crippen molar-refractivity contribution in [2.75, 3.05) is 18.9 Å². The molecule has 0 unspecified atom stereocenters. The van der Waals surface area contributed by atoms with Crippen molar-refractivity contribution in [1.29, 1.82) is 0 Å². The molecular weight excluding hydrogens is 377 g/mol. The minimum atomic E-state index is -0.549. The Kier molecular flexibility index (Phi) is 7.23. The van der Waals surface area contributed by atoms with Crippen molar-refractivity contribution < 1.29 is 14.3 Å². The van der Waals surface area contributed by atoms with Gasteiger partial charge in [0.1, 0.15) is 4.88 Å². The minimum Gasteiger partial charge on any atom is -0.451 e. The van der Waals surface area contributed by atoms with Crippen molar-refractivity contribution in [3.63, 3.8) is 0 Å². The van der Waals surface area contributed by atoms with E-state index < -0.39 is 5.97 Å². The molecule has 0 bridgehead atoms. The number of esters is 1. The Bertz CT molecular complexity index is 674. The van der Waals surface area contributed by atoms with Crippen LogP contribution in [0.1, 0.15) is 9.67 Å². The van der Waals surface area contributed by atoms with Crippen LogP contribution in [-0.4, -0.2) is 30.8 Å². The number of benzene rings is 1. The van der Waals surface area contributed by atoms with E-state index in [0.29, 0.717) is 26.5 Å². The van der Waals surface area contributed by atoms with Gasteiger partial charge in [0.2, 0.25) is 0 Å². The van der Waals surface area contributed by atoms with Gasteiger partial charge in [0.05, 0.1) is 4.34 Å². The number of hydrogen-bond acceptors (Lipinski definition) is 5. The van der Waals surface area contributed by atoms with Crippen LogP contribution in [0.2, 0.25) is 9.36 Å². The molecule has 1 aromatic heterocycles. The molecule has 1 N–H and O–H groups in total. The molecule has 0 fully saturated rings. The summed E-state index contributed by atoms with van der Waals surface area (Å²) in [5, 5.41) is 3.38. The molecule has 2 aromatic rings.